The molecule has 0 radical (unpaired) electrons. The van der Waals surface area contributed by atoms with Crippen LogP contribution in [0.3, 0.4) is 0 Å². The maximum atomic E-state index is 5.34. The highest BCUT2D eigenvalue weighted by Gasteiger charge is 2.24. The molecular formula is C13H19N3S2. The van der Waals surface area contributed by atoms with Crippen LogP contribution in [-0.2, 0) is 12.0 Å². The molecule has 2 aromatic rings. The Hall–Kier alpha value is -0.940. The first-order valence-electron chi connectivity index (χ1n) is 6.11. The molecule has 0 aliphatic carbocycles. The Labute approximate surface area is 117 Å². The molecular weight excluding hydrogens is 262 g/mol. The van der Waals surface area contributed by atoms with Gasteiger partial charge in [-0.05, 0) is 23.7 Å². The summed E-state index contributed by atoms with van der Waals surface area (Å²) in [6.07, 6.45) is 0. The van der Waals surface area contributed by atoms with Gasteiger partial charge in [-0.2, -0.15) is 5.10 Å². The number of hydrogen-bond acceptors (Lipinski definition) is 3. The number of aromatic nitrogens is 3. The van der Waals surface area contributed by atoms with Crippen molar-refractivity contribution in [3.8, 4) is 0 Å². The van der Waals surface area contributed by atoms with E-state index in [0.29, 0.717) is 10.7 Å². The second kappa shape index (κ2) is 4.97. The van der Waals surface area contributed by atoms with Crippen LogP contribution in [0.15, 0.2) is 17.5 Å². The Balaban J connectivity index is 2.35. The fraction of sp³-hybridized carbons (Fsp3) is 0.538. The SMILES string of the molecule is CC(C)c1n[nH]c(=S)n1CC(C)(C)c1cccs1. The number of aromatic amines is 1. The standard InChI is InChI=1S/C13H19N3S2/c1-9(2)11-14-15-12(17)16(11)8-13(3,4)10-6-5-7-18-10/h5-7,9H,8H2,1-4H3,(H,15,17). The van der Waals surface area contributed by atoms with E-state index < -0.39 is 0 Å². The summed E-state index contributed by atoms with van der Waals surface area (Å²) in [7, 11) is 0. The van der Waals surface area contributed by atoms with E-state index in [-0.39, 0.29) is 5.41 Å². The molecule has 1 N–H and O–H groups in total. The summed E-state index contributed by atoms with van der Waals surface area (Å²) in [5.41, 5.74) is 0.0694. The number of nitrogens with zero attached hydrogens (tertiary/aromatic N) is 2. The van der Waals surface area contributed by atoms with Crippen molar-refractivity contribution in [1.29, 1.82) is 0 Å². The summed E-state index contributed by atoms with van der Waals surface area (Å²) in [4.78, 5) is 1.38. The smallest absolute Gasteiger partial charge is 0.195 e. The van der Waals surface area contributed by atoms with Crippen LogP contribution in [0.4, 0.5) is 0 Å². The van der Waals surface area contributed by atoms with Gasteiger partial charge in [-0.15, -0.1) is 11.3 Å². The minimum absolute atomic E-state index is 0.0694. The Morgan fingerprint density at radius 3 is 2.78 bits per heavy atom. The zero-order valence-corrected chi connectivity index (χ0v) is 12.9. The first-order chi connectivity index (χ1) is 8.42. The number of nitrogens with one attached hydrogen (secondary N) is 1. The Kier molecular flexibility index (Phi) is 3.73. The fourth-order valence-corrected chi connectivity index (χ4v) is 3.11. The molecule has 0 amide bonds. The molecule has 0 spiro atoms. The molecule has 18 heavy (non-hydrogen) atoms. The molecule has 0 saturated heterocycles. The van der Waals surface area contributed by atoms with Gasteiger partial charge in [0.05, 0.1) is 0 Å². The quantitative estimate of drug-likeness (QED) is 0.856. The highest BCUT2D eigenvalue weighted by atomic mass is 32.1. The van der Waals surface area contributed by atoms with Crippen molar-refractivity contribution in [2.45, 2.75) is 45.6 Å². The average molecular weight is 281 g/mol. The lowest BCUT2D eigenvalue weighted by atomic mass is 9.91. The Bertz CT molecular complexity index is 561. The van der Waals surface area contributed by atoms with Crippen molar-refractivity contribution in [2.24, 2.45) is 0 Å². The van der Waals surface area contributed by atoms with E-state index in [9.17, 15) is 0 Å². The average Bonchev–Trinajstić information content (AvgIpc) is 2.89. The Morgan fingerprint density at radius 1 is 1.50 bits per heavy atom. The van der Waals surface area contributed by atoms with Gasteiger partial charge >= 0.3 is 0 Å². The molecule has 2 heterocycles. The molecule has 0 aromatic carbocycles. The monoisotopic (exact) mass is 281 g/mol. The van der Waals surface area contributed by atoms with Crippen LogP contribution in [0.25, 0.3) is 0 Å². The summed E-state index contributed by atoms with van der Waals surface area (Å²) < 4.78 is 2.84. The van der Waals surface area contributed by atoms with E-state index in [1.807, 2.05) is 0 Å². The van der Waals surface area contributed by atoms with E-state index in [1.165, 1.54) is 4.88 Å². The van der Waals surface area contributed by atoms with Gasteiger partial charge in [-0.25, -0.2) is 0 Å². The maximum Gasteiger partial charge on any atom is 0.195 e. The zero-order valence-electron chi connectivity index (χ0n) is 11.2. The molecule has 2 rings (SSSR count). The third kappa shape index (κ3) is 2.57. The molecule has 5 heteroatoms. The van der Waals surface area contributed by atoms with Crippen LogP contribution in [0, 0.1) is 4.77 Å². The van der Waals surface area contributed by atoms with E-state index in [4.69, 9.17) is 12.2 Å². The molecule has 0 bridgehead atoms. The van der Waals surface area contributed by atoms with Crippen molar-refractivity contribution in [2.75, 3.05) is 0 Å². The zero-order chi connectivity index (χ0) is 13.3. The lowest BCUT2D eigenvalue weighted by Crippen LogP contribution is -2.25. The van der Waals surface area contributed by atoms with Gasteiger partial charge in [0.1, 0.15) is 5.82 Å². The van der Waals surface area contributed by atoms with Crippen LogP contribution >= 0.6 is 23.6 Å². The van der Waals surface area contributed by atoms with Crippen molar-refractivity contribution in [3.05, 3.63) is 33.0 Å². The summed E-state index contributed by atoms with van der Waals surface area (Å²) in [5, 5.41) is 9.36. The summed E-state index contributed by atoms with van der Waals surface area (Å²) in [6, 6.07) is 4.28. The minimum atomic E-state index is 0.0694. The Morgan fingerprint density at radius 2 is 2.22 bits per heavy atom. The van der Waals surface area contributed by atoms with Gasteiger partial charge in [0.25, 0.3) is 0 Å². The van der Waals surface area contributed by atoms with Crippen LogP contribution in [0.2, 0.25) is 0 Å². The van der Waals surface area contributed by atoms with Crippen molar-refractivity contribution < 1.29 is 0 Å². The summed E-state index contributed by atoms with van der Waals surface area (Å²) >= 11 is 7.13. The first-order valence-corrected chi connectivity index (χ1v) is 7.39. The van der Waals surface area contributed by atoms with Crippen molar-refractivity contribution >= 4 is 23.6 Å². The van der Waals surface area contributed by atoms with Crippen molar-refractivity contribution in [1.82, 2.24) is 14.8 Å². The van der Waals surface area contributed by atoms with E-state index >= 15 is 0 Å². The number of thiophene rings is 1. The van der Waals surface area contributed by atoms with E-state index in [0.717, 1.165) is 12.4 Å². The van der Waals surface area contributed by atoms with Gasteiger partial charge in [0.15, 0.2) is 4.77 Å². The molecule has 0 aliphatic heterocycles. The van der Waals surface area contributed by atoms with Crippen LogP contribution in [-0.4, -0.2) is 14.8 Å². The highest BCUT2D eigenvalue weighted by molar-refractivity contribution is 7.71. The normalized spacial score (nSPS) is 12.3. The lowest BCUT2D eigenvalue weighted by Gasteiger charge is -2.25. The molecule has 0 unspecified atom stereocenters. The van der Waals surface area contributed by atoms with Gasteiger partial charge < -0.3 is 4.57 Å². The third-order valence-corrected chi connectivity index (χ3v) is 4.59. The summed E-state index contributed by atoms with van der Waals surface area (Å²) in [5.74, 6) is 1.40. The topological polar surface area (TPSA) is 33.6 Å². The van der Waals surface area contributed by atoms with E-state index in [2.05, 4.69) is 60.0 Å². The highest BCUT2D eigenvalue weighted by Crippen LogP contribution is 2.30. The van der Waals surface area contributed by atoms with Crippen LogP contribution in [0.5, 0.6) is 0 Å². The molecule has 0 saturated carbocycles. The molecule has 98 valence electrons. The predicted molar refractivity (Wildman–Crippen MR) is 78.8 cm³/mol. The van der Waals surface area contributed by atoms with Gasteiger partial charge in [-0.3, -0.25) is 5.10 Å². The second-order valence-corrected chi connectivity index (χ2v) is 6.82. The van der Waals surface area contributed by atoms with Gasteiger partial charge in [0.2, 0.25) is 0 Å². The molecule has 3 nitrogen and oxygen atoms in total. The number of rotatable bonds is 4. The lowest BCUT2D eigenvalue weighted by molar-refractivity contribution is 0.425. The maximum absolute atomic E-state index is 5.34. The van der Waals surface area contributed by atoms with E-state index in [1.54, 1.807) is 11.3 Å². The molecule has 0 atom stereocenters. The number of H-pyrrole nitrogens is 1. The molecule has 0 aliphatic rings. The van der Waals surface area contributed by atoms with Crippen LogP contribution < -0.4 is 0 Å². The minimum Gasteiger partial charge on any atom is -0.303 e. The predicted octanol–water partition coefficient (Wildman–Crippen LogP) is 4.10. The molecule has 2 aromatic heterocycles. The van der Waals surface area contributed by atoms with Gasteiger partial charge in [0, 0.05) is 22.8 Å². The molecule has 0 fully saturated rings. The second-order valence-electron chi connectivity index (χ2n) is 5.49. The van der Waals surface area contributed by atoms with Gasteiger partial charge in [-0.1, -0.05) is 33.8 Å². The third-order valence-electron chi connectivity index (χ3n) is 3.05. The number of hydrogen-bond donors (Lipinski definition) is 1. The largest absolute Gasteiger partial charge is 0.303 e. The first kappa shape index (κ1) is 13.5. The fourth-order valence-electron chi connectivity index (χ4n) is 2.06. The summed E-state index contributed by atoms with van der Waals surface area (Å²) in [6.45, 7) is 9.63. The van der Waals surface area contributed by atoms with Crippen molar-refractivity contribution in [3.63, 3.8) is 0 Å². The van der Waals surface area contributed by atoms with Crippen LogP contribution in [0.1, 0.15) is 44.3 Å².